The van der Waals surface area contributed by atoms with Gasteiger partial charge in [-0.3, -0.25) is 9.88 Å². The molecule has 0 radical (unpaired) electrons. The summed E-state index contributed by atoms with van der Waals surface area (Å²) in [6.07, 6.45) is 8.47. The number of rotatable bonds is 8. The first-order valence-electron chi connectivity index (χ1n) is 7.34. The Balaban J connectivity index is 1.50. The molecule has 4 nitrogen and oxygen atoms in total. The molecule has 0 spiro atoms. The van der Waals surface area contributed by atoms with Crippen LogP contribution >= 0.6 is 0 Å². The van der Waals surface area contributed by atoms with Crippen molar-refractivity contribution in [1.82, 2.24) is 15.2 Å². The van der Waals surface area contributed by atoms with Crippen molar-refractivity contribution in [2.45, 2.75) is 38.3 Å². The first-order chi connectivity index (χ1) is 9.40. The summed E-state index contributed by atoms with van der Waals surface area (Å²) in [7, 11) is 0. The molecule has 1 aliphatic rings. The summed E-state index contributed by atoms with van der Waals surface area (Å²) in [6.45, 7) is 4.59. The van der Waals surface area contributed by atoms with Crippen LogP contribution in [-0.2, 0) is 6.54 Å². The van der Waals surface area contributed by atoms with Gasteiger partial charge >= 0.3 is 0 Å². The first-order valence-corrected chi connectivity index (χ1v) is 7.34. The average Bonchev–Trinajstić information content (AvgIpc) is 2.91. The predicted molar refractivity (Wildman–Crippen MR) is 76.9 cm³/mol. The molecule has 1 aliphatic heterocycles. The lowest BCUT2D eigenvalue weighted by Crippen LogP contribution is -2.33. The molecule has 1 aromatic heterocycles. The normalized spacial score (nSPS) is 19.9. The summed E-state index contributed by atoms with van der Waals surface area (Å²) in [5, 5.41) is 12.7. The summed E-state index contributed by atoms with van der Waals surface area (Å²) >= 11 is 0. The van der Waals surface area contributed by atoms with Crippen molar-refractivity contribution in [3.63, 3.8) is 0 Å². The summed E-state index contributed by atoms with van der Waals surface area (Å²) in [4.78, 5) is 6.44. The Kier molecular flexibility index (Phi) is 6.27. The van der Waals surface area contributed by atoms with Crippen molar-refractivity contribution in [3.05, 3.63) is 30.1 Å². The third-order valence-electron chi connectivity index (χ3n) is 3.84. The number of unbranched alkanes of at least 4 members (excludes halogenated alkanes) is 1. The lowest BCUT2D eigenvalue weighted by atomic mass is 10.2. The van der Waals surface area contributed by atoms with Crippen molar-refractivity contribution in [2.75, 3.05) is 26.2 Å². The lowest BCUT2D eigenvalue weighted by Gasteiger charge is -2.22. The van der Waals surface area contributed by atoms with Gasteiger partial charge in [0.25, 0.3) is 0 Å². The van der Waals surface area contributed by atoms with Crippen LogP contribution in [0.4, 0.5) is 0 Å². The van der Waals surface area contributed by atoms with E-state index in [9.17, 15) is 5.11 Å². The van der Waals surface area contributed by atoms with Crippen LogP contribution in [-0.4, -0.2) is 47.3 Å². The third-order valence-corrected chi connectivity index (χ3v) is 3.84. The van der Waals surface area contributed by atoms with E-state index in [1.165, 1.54) is 24.8 Å². The molecule has 1 fully saturated rings. The molecule has 2 heterocycles. The van der Waals surface area contributed by atoms with Gasteiger partial charge in [-0.05, 0) is 63.0 Å². The molecular weight excluding hydrogens is 238 g/mol. The van der Waals surface area contributed by atoms with Gasteiger partial charge in [-0.2, -0.15) is 0 Å². The third kappa shape index (κ3) is 4.90. The highest BCUT2D eigenvalue weighted by atomic mass is 16.3. The highest BCUT2D eigenvalue weighted by Crippen LogP contribution is 2.16. The van der Waals surface area contributed by atoms with Crippen LogP contribution in [0.5, 0.6) is 0 Å². The number of aliphatic hydroxyl groups excluding tert-OH is 1. The van der Waals surface area contributed by atoms with E-state index < -0.39 is 0 Å². The standard InChI is InChI=1S/C15H25N3O/c19-13-15-4-3-11-18(15)10-2-1-7-17-12-14-5-8-16-9-6-14/h5-6,8-9,15,17,19H,1-4,7,10-13H2. The Morgan fingerprint density at radius 3 is 2.95 bits per heavy atom. The second kappa shape index (κ2) is 8.25. The van der Waals surface area contributed by atoms with Gasteiger partial charge in [-0.25, -0.2) is 0 Å². The minimum Gasteiger partial charge on any atom is -0.395 e. The molecule has 106 valence electrons. The van der Waals surface area contributed by atoms with Gasteiger partial charge in [0, 0.05) is 25.0 Å². The number of aliphatic hydroxyl groups is 1. The van der Waals surface area contributed by atoms with Crippen LogP contribution in [0.25, 0.3) is 0 Å². The maximum atomic E-state index is 9.24. The zero-order valence-corrected chi connectivity index (χ0v) is 11.6. The van der Waals surface area contributed by atoms with Crippen LogP contribution in [0.3, 0.4) is 0 Å². The maximum absolute atomic E-state index is 9.24. The summed E-state index contributed by atoms with van der Waals surface area (Å²) in [5.74, 6) is 0. The Labute approximate surface area is 115 Å². The number of pyridine rings is 1. The van der Waals surface area contributed by atoms with E-state index in [-0.39, 0.29) is 0 Å². The fourth-order valence-electron chi connectivity index (χ4n) is 2.69. The first kappa shape index (κ1) is 14.4. The van der Waals surface area contributed by atoms with Gasteiger partial charge in [0.1, 0.15) is 0 Å². The molecule has 0 aromatic carbocycles. The number of nitrogens with zero attached hydrogens (tertiary/aromatic N) is 2. The zero-order valence-electron chi connectivity index (χ0n) is 11.6. The molecule has 0 saturated carbocycles. The molecule has 2 N–H and O–H groups in total. The molecule has 4 heteroatoms. The van der Waals surface area contributed by atoms with Gasteiger partial charge in [-0.15, -0.1) is 0 Å². The minimum absolute atomic E-state index is 0.320. The summed E-state index contributed by atoms with van der Waals surface area (Å²) < 4.78 is 0. The molecule has 0 bridgehead atoms. The molecule has 1 unspecified atom stereocenters. The quantitative estimate of drug-likeness (QED) is 0.696. The minimum atomic E-state index is 0.320. The van der Waals surface area contributed by atoms with Gasteiger partial charge in [-0.1, -0.05) is 0 Å². The smallest absolute Gasteiger partial charge is 0.0586 e. The molecule has 19 heavy (non-hydrogen) atoms. The molecule has 1 atom stereocenters. The highest BCUT2D eigenvalue weighted by Gasteiger charge is 2.22. The maximum Gasteiger partial charge on any atom is 0.0586 e. The second-order valence-corrected chi connectivity index (χ2v) is 5.25. The van der Waals surface area contributed by atoms with Gasteiger partial charge in [0.05, 0.1) is 6.61 Å². The van der Waals surface area contributed by atoms with Crippen molar-refractivity contribution in [2.24, 2.45) is 0 Å². The number of nitrogens with one attached hydrogen (secondary N) is 1. The van der Waals surface area contributed by atoms with E-state index in [1.54, 1.807) is 0 Å². The predicted octanol–water partition coefficient (Wildman–Crippen LogP) is 1.41. The van der Waals surface area contributed by atoms with Crippen molar-refractivity contribution in [3.8, 4) is 0 Å². The van der Waals surface area contributed by atoms with E-state index in [0.29, 0.717) is 12.6 Å². The molecule has 1 aromatic rings. The zero-order chi connectivity index (χ0) is 13.3. The molecule has 2 rings (SSSR count). The van der Waals surface area contributed by atoms with Crippen molar-refractivity contribution in [1.29, 1.82) is 0 Å². The van der Waals surface area contributed by atoms with E-state index in [0.717, 1.165) is 32.6 Å². The van der Waals surface area contributed by atoms with Crippen LogP contribution in [0.2, 0.25) is 0 Å². The SMILES string of the molecule is OCC1CCCN1CCCCNCc1ccncc1. The molecular formula is C15H25N3O. The molecule has 1 saturated heterocycles. The number of hydrogen-bond donors (Lipinski definition) is 2. The van der Waals surface area contributed by atoms with E-state index in [1.807, 2.05) is 24.5 Å². The number of hydrogen-bond acceptors (Lipinski definition) is 4. The topological polar surface area (TPSA) is 48.4 Å². The number of likely N-dealkylation sites (tertiary alicyclic amines) is 1. The Bertz CT molecular complexity index is 345. The highest BCUT2D eigenvalue weighted by molar-refractivity contribution is 5.08. The summed E-state index contributed by atoms with van der Waals surface area (Å²) in [5.41, 5.74) is 1.29. The second-order valence-electron chi connectivity index (χ2n) is 5.25. The fourth-order valence-corrected chi connectivity index (χ4v) is 2.69. The monoisotopic (exact) mass is 263 g/mol. The van der Waals surface area contributed by atoms with Crippen LogP contribution in [0, 0.1) is 0 Å². The molecule has 0 aliphatic carbocycles. The fraction of sp³-hybridized carbons (Fsp3) is 0.667. The van der Waals surface area contributed by atoms with Gasteiger partial charge in [0.2, 0.25) is 0 Å². The van der Waals surface area contributed by atoms with E-state index in [4.69, 9.17) is 0 Å². The van der Waals surface area contributed by atoms with Crippen LogP contribution < -0.4 is 5.32 Å². The van der Waals surface area contributed by atoms with E-state index in [2.05, 4.69) is 15.2 Å². The Hall–Kier alpha value is -0.970. The Morgan fingerprint density at radius 1 is 1.32 bits per heavy atom. The van der Waals surface area contributed by atoms with E-state index >= 15 is 0 Å². The largest absolute Gasteiger partial charge is 0.395 e. The van der Waals surface area contributed by atoms with Crippen molar-refractivity contribution >= 4 is 0 Å². The lowest BCUT2D eigenvalue weighted by molar-refractivity contribution is 0.157. The number of aromatic nitrogens is 1. The Morgan fingerprint density at radius 2 is 2.16 bits per heavy atom. The summed E-state index contributed by atoms with van der Waals surface area (Å²) in [6, 6.07) is 4.51. The van der Waals surface area contributed by atoms with Crippen molar-refractivity contribution < 1.29 is 5.11 Å². The molecule has 0 amide bonds. The van der Waals surface area contributed by atoms with Crippen LogP contribution in [0.15, 0.2) is 24.5 Å². The van der Waals surface area contributed by atoms with Gasteiger partial charge in [0.15, 0.2) is 0 Å². The average molecular weight is 263 g/mol. The van der Waals surface area contributed by atoms with Crippen LogP contribution in [0.1, 0.15) is 31.2 Å². The van der Waals surface area contributed by atoms with Gasteiger partial charge < -0.3 is 10.4 Å².